The maximum atomic E-state index is 13.4. The van der Waals surface area contributed by atoms with Gasteiger partial charge in [-0.15, -0.1) is 0 Å². The van der Waals surface area contributed by atoms with Crippen LogP contribution in [0.1, 0.15) is 36.5 Å². The molecule has 3 aromatic rings. The molecular formula is C26H29NO4S. The van der Waals surface area contributed by atoms with Crippen LogP contribution in [0.4, 0.5) is 5.69 Å². The number of unbranched alkanes of at least 4 members (excludes halogenated alkanes) is 1. The molecule has 0 aromatic heterocycles. The van der Waals surface area contributed by atoms with E-state index >= 15 is 0 Å². The highest BCUT2D eigenvalue weighted by atomic mass is 32.2. The van der Waals surface area contributed by atoms with Crippen molar-refractivity contribution in [3.8, 4) is 5.75 Å². The average molecular weight is 452 g/mol. The summed E-state index contributed by atoms with van der Waals surface area (Å²) >= 11 is 0. The molecule has 6 heteroatoms. The number of hydrogen-bond acceptors (Lipinski definition) is 4. The van der Waals surface area contributed by atoms with Crippen molar-refractivity contribution in [1.82, 2.24) is 0 Å². The van der Waals surface area contributed by atoms with Crippen LogP contribution in [0.2, 0.25) is 0 Å². The zero-order valence-corrected chi connectivity index (χ0v) is 19.6. The van der Waals surface area contributed by atoms with E-state index in [1.165, 1.54) is 12.1 Å². The van der Waals surface area contributed by atoms with E-state index in [0.29, 0.717) is 11.4 Å². The Morgan fingerprint density at radius 3 is 2.25 bits per heavy atom. The van der Waals surface area contributed by atoms with Gasteiger partial charge in [0.25, 0.3) is 15.9 Å². The fourth-order valence-corrected chi connectivity index (χ4v) is 4.88. The quantitative estimate of drug-likeness (QED) is 0.434. The van der Waals surface area contributed by atoms with Gasteiger partial charge in [-0.25, -0.2) is 8.42 Å². The highest BCUT2D eigenvalue weighted by Crippen LogP contribution is 2.26. The van der Waals surface area contributed by atoms with Crippen molar-refractivity contribution in [3.05, 3.63) is 89.5 Å². The Kier molecular flexibility index (Phi) is 7.70. The minimum Gasteiger partial charge on any atom is -0.483 e. The van der Waals surface area contributed by atoms with Gasteiger partial charge in [-0.3, -0.25) is 4.79 Å². The predicted molar refractivity (Wildman–Crippen MR) is 128 cm³/mol. The molecule has 1 amide bonds. The molecule has 0 atom stereocenters. The molecule has 0 saturated heterocycles. The lowest BCUT2D eigenvalue weighted by atomic mass is 10.1. The zero-order chi connectivity index (χ0) is 23.1. The molecule has 0 spiro atoms. The lowest BCUT2D eigenvalue weighted by Crippen LogP contribution is -2.40. The number of anilines is 1. The van der Waals surface area contributed by atoms with Crippen molar-refractivity contribution < 1.29 is 17.9 Å². The number of carbonyl (C=O) groups is 1. The molecule has 3 rings (SSSR count). The summed E-state index contributed by atoms with van der Waals surface area (Å²) in [6.45, 7) is 5.59. The van der Waals surface area contributed by atoms with E-state index in [-0.39, 0.29) is 4.90 Å². The number of sulfonamides is 1. The van der Waals surface area contributed by atoms with Crippen LogP contribution in [-0.4, -0.2) is 20.9 Å². The average Bonchev–Trinajstić information content (AvgIpc) is 2.78. The minimum atomic E-state index is -4.10. The third-order valence-corrected chi connectivity index (χ3v) is 6.94. The number of nitrogens with zero attached hydrogens (tertiary/aromatic N) is 1. The van der Waals surface area contributed by atoms with Gasteiger partial charge in [0.05, 0.1) is 10.6 Å². The number of amides is 1. The van der Waals surface area contributed by atoms with E-state index in [4.69, 9.17) is 4.74 Å². The van der Waals surface area contributed by atoms with Crippen LogP contribution in [0.3, 0.4) is 0 Å². The number of rotatable bonds is 9. The molecule has 0 fully saturated rings. The number of ether oxygens (including phenoxy) is 1. The number of carbonyl (C=O) groups excluding carboxylic acids is 1. The predicted octanol–water partition coefficient (Wildman–Crippen LogP) is 5.45. The minimum absolute atomic E-state index is 0.0509. The van der Waals surface area contributed by atoms with Crippen LogP contribution in [0.25, 0.3) is 0 Å². The standard InChI is InChI=1S/C26H29NO4S/c1-4-5-9-22-13-15-23(16-14-22)27(32(29,30)24-10-7-6-8-11-24)26(28)19-31-25-17-12-20(2)18-21(25)3/h6-8,10-18H,4-5,9,19H2,1-3H3. The van der Waals surface area contributed by atoms with Gasteiger partial charge in [-0.1, -0.05) is 61.4 Å². The van der Waals surface area contributed by atoms with Crippen molar-refractivity contribution in [2.75, 3.05) is 10.9 Å². The summed E-state index contributed by atoms with van der Waals surface area (Å²) in [5.74, 6) is -0.106. The first-order valence-corrected chi connectivity index (χ1v) is 12.2. The summed E-state index contributed by atoms with van der Waals surface area (Å²) in [5, 5.41) is 0. The molecule has 0 aliphatic heterocycles. The summed E-state index contributed by atoms with van der Waals surface area (Å²) in [7, 11) is -4.10. The molecule has 0 unspecified atom stereocenters. The van der Waals surface area contributed by atoms with Crippen molar-refractivity contribution in [2.45, 2.75) is 44.9 Å². The Balaban J connectivity index is 1.92. The van der Waals surface area contributed by atoms with Crippen LogP contribution in [-0.2, 0) is 21.2 Å². The van der Waals surface area contributed by atoms with Crippen LogP contribution in [0.5, 0.6) is 5.75 Å². The smallest absolute Gasteiger partial charge is 0.278 e. The van der Waals surface area contributed by atoms with Gasteiger partial charge in [0, 0.05) is 0 Å². The normalized spacial score (nSPS) is 11.2. The van der Waals surface area contributed by atoms with Crippen LogP contribution < -0.4 is 9.04 Å². The molecule has 0 N–H and O–H groups in total. The van der Waals surface area contributed by atoms with Gasteiger partial charge >= 0.3 is 0 Å². The molecule has 0 aliphatic carbocycles. The van der Waals surface area contributed by atoms with Crippen molar-refractivity contribution in [1.29, 1.82) is 0 Å². The van der Waals surface area contributed by atoms with Gasteiger partial charge in [-0.2, -0.15) is 4.31 Å². The molecule has 0 bridgehead atoms. The Labute approximate surface area is 190 Å². The molecule has 5 nitrogen and oxygen atoms in total. The molecular weight excluding hydrogens is 422 g/mol. The molecule has 3 aromatic carbocycles. The highest BCUT2D eigenvalue weighted by Gasteiger charge is 2.31. The summed E-state index contributed by atoms with van der Waals surface area (Å²) in [4.78, 5) is 13.2. The van der Waals surface area contributed by atoms with Gasteiger partial charge < -0.3 is 4.74 Å². The lowest BCUT2D eigenvalue weighted by Gasteiger charge is -2.23. The monoisotopic (exact) mass is 451 g/mol. The van der Waals surface area contributed by atoms with E-state index in [9.17, 15) is 13.2 Å². The Hall–Kier alpha value is -3.12. The van der Waals surface area contributed by atoms with E-state index in [1.807, 2.05) is 38.1 Å². The van der Waals surface area contributed by atoms with E-state index in [0.717, 1.165) is 40.3 Å². The maximum absolute atomic E-state index is 13.4. The lowest BCUT2D eigenvalue weighted by molar-refractivity contribution is -0.119. The summed E-state index contributed by atoms with van der Waals surface area (Å²) < 4.78 is 33.4. The largest absolute Gasteiger partial charge is 0.483 e. The third kappa shape index (κ3) is 5.56. The number of benzene rings is 3. The van der Waals surface area contributed by atoms with E-state index < -0.39 is 22.5 Å². The first-order chi connectivity index (χ1) is 15.3. The summed E-state index contributed by atoms with van der Waals surface area (Å²) in [6.07, 6.45) is 3.03. The third-order valence-electron chi connectivity index (χ3n) is 5.18. The topological polar surface area (TPSA) is 63.7 Å². The molecule has 0 heterocycles. The van der Waals surface area contributed by atoms with Crippen molar-refractivity contribution in [3.63, 3.8) is 0 Å². The summed E-state index contributed by atoms with van der Waals surface area (Å²) in [6, 6.07) is 20.7. The second-order valence-corrected chi connectivity index (χ2v) is 9.59. The van der Waals surface area contributed by atoms with Gasteiger partial charge in [0.1, 0.15) is 5.75 Å². The maximum Gasteiger partial charge on any atom is 0.278 e. The van der Waals surface area contributed by atoms with Crippen LogP contribution >= 0.6 is 0 Å². The second-order valence-electron chi connectivity index (χ2n) is 7.80. The van der Waals surface area contributed by atoms with Gasteiger partial charge in [0.2, 0.25) is 0 Å². The van der Waals surface area contributed by atoms with Gasteiger partial charge in [0.15, 0.2) is 6.61 Å². The zero-order valence-electron chi connectivity index (χ0n) is 18.7. The fourth-order valence-electron chi connectivity index (χ4n) is 3.45. The Bertz CT molecular complexity index is 1160. The first kappa shape index (κ1) is 23.5. The Morgan fingerprint density at radius 1 is 0.938 bits per heavy atom. The fraction of sp³-hybridized carbons (Fsp3) is 0.269. The number of hydrogen-bond donors (Lipinski definition) is 0. The SMILES string of the molecule is CCCCc1ccc(N(C(=O)COc2ccc(C)cc2C)S(=O)(=O)c2ccccc2)cc1. The molecule has 168 valence electrons. The first-order valence-electron chi connectivity index (χ1n) is 10.7. The van der Waals surface area contributed by atoms with Gasteiger partial charge in [-0.05, 0) is 68.1 Å². The van der Waals surface area contributed by atoms with Crippen molar-refractivity contribution >= 4 is 21.6 Å². The molecule has 0 aliphatic rings. The van der Waals surface area contributed by atoms with E-state index in [1.54, 1.807) is 36.4 Å². The molecule has 0 saturated carbocycles. The highest BCUT2D eigenvalue weighted by molar-refractivity contribution is 7.93. The van der Waals surface area contributed by atoms with Crippen LogP contribution in [0, 0.1) is 13.8 Å². The second kappa shape index (κ2) is 10.5. The Morgan fingerprint density at radius 2 is 1.62 bits per heavy atom. The number of aryl methyl sites for hydroxylation is 3. The van der Waals surface area contributed by atoms with Crippen LogP contribution in [0.15, 0.2) is 77.7 Å². The molecule has 0 radical (unpaired) electrons. The van der Waals surface area contributed by atoms with E-state index in [2.05, 4.69) is 6.92 Å². The molecule has 32 heavy (non-hydrogen) atoms. The van der Waals surface area contributed by atoms with Crippen molar-refractivity contribution in [2.24, 2.45) is 0 Å². The summed E-state index contributed by atoms with van der Waals surface area (Å²) in [5.41, 5.74) is 3.36.